The predicted octanol–water partition coefficient (Wildman–Crippen LogP) is 4.62. The first kappa shape index (κ1) is 19.1. The van der Waals surface area contributed by atoms with Gasteiger partial charge in [-0.3, -0.25) is 4.79 Å². The van der Waals surface area contributed by atoms with Crippen LogP contribution in [0.3, 0.4) is 0 Å². The van der Waals surface area contributed by atoms with Gasteiger partial charge in [-0.25, -0.2) is 13.8 Å². The molecule has 1 aliphatic rings. The summed E-state index contributed by atoms with van der Waals surface area (Å²) in [5.41, 5.74) is 0.784. The molecule has 2 N–H and O–H groups in total. The second-order valence-electron chi connectivity index (χ2n) is 6.65. The number of nitrogens with one attached hydrogen (secondary N) is 1. The number of carbonyl (C=O) groups is 1. The van der Waals surface area contributed by atoms with Gasteiger partial charge in [-0.05, 0) is 43.5 Å². The highest BCUT2D eigenvalue weighted by atomic mass is 19.1. The van der Waals surface area contributed by atoms with Crippen molar-refractivity contribution in [2.24, 2.45) is 0 Å². The number of anilines is 1. The van der Waals surface area contributed by atoms with Crippen molar-refractivity contribution in [3.8, 4) is 17.0 Å². The quantitative estimate of drug-likeness (QED) is 0.658. The van der Waals surface area contributed by atoms with Crippen LogP contribution in [0.4, 0.5) is 14.6 Å². The van der Waals surface area contributed by atoms with E-state index in [2.05, 4.69) is 10.3 Å². The Morgan fingerprint density at radius 2 is 1.93 bits per heavy atom. The van der Waals surface area contributed by atoms with Crippen LogP contribution < -0.4 is 10.1 Å². The molecule has 0 atom stereocenters. The first-order valence-corrected chi connectivity index (χ1v) is 9.10. The molecule has 27 heavy (non-hydrogen) atoms. The number of rotatable bonds is 8. The van der Waals surface area contributed by atoms with E-state index in [1.54, 1.807) is 12.1 Å². The predicted molar refractivity (Wildman–Crippen MR) is 97.8 cm³/mol. The van der Waals surface area contributed by atoms with Crippen LogP contribution in [0.15, 0.2) is 30.3 Å². The van der Waals surface area contributed by atoms with Crippen molar-refractivity contribution in [2.75, 3.05) is 11.9 Å². The Balaban J connectivity index is 1.72. The van der Waals surface area contributed by atoms with Crippen molar-refractivity contribution in [3.63, 3.8) is 0 Å². The Kier molecular flexibility index (Phi) is 6.21. The number of hydrogen-bond donors (Lipinski definition) is 2. The molecule has 1 aliphatic carbocycles. The van der Waals surface area contributed by atoms with Gasteiger partial charge in [0.1, 0.15) is 5.82 Å². The average molecular weight is 376 g/mol. The molecule has 1 aromatic heterocycles. The molecule has 5 nitrogen and oxygen atoms in total. The fourth-order valence-corrected chi connectivity index (χ4v) is 3.20. The lowest BCUT2D eigenvalue weighted by atomic mass is 10.1. The Morgan fingerprint density at radius 1 is 1.22 bits per heavy atom. The number of benzene rings is 1. The van der Waals surface area contributed by atoms with Crippen LogP contribution >= 0.6 is 0 Å². The summed E-state index contributed by atoms with van der Waals surface area (Å²) < 4.78 is 33.6. The Morgan fingerprint density at radius 3 is 2.59 bits per heavy atom. The number of nitrogens with zero attached hydrogens (tertiary/aromatic N) is 1. The van der Waals surface area contributed by atoms with Gasteiger partial charge in [0.05, 0.1) is 12.3 Å². The molecule has 0 aliphatic heterocycles. The van der Waals surface area contributed by atoms with Gasteiger partial charge in [0.2, 0.25) is 0 Å². The van der Waals surface area contributed by atoms with Crippen LogP contribution in [-0.2, 0) is 4.79 Å². The van der Waals surface area contributed by atoms with Gasteiger partial charge in [0.25, 0.3) is 0 Å². The van der Waals surface area contributed by atoms with Gasteiger partial charge >= 0.3 is 5.97 Å². The molecule has 0 amide bonds. The fourth-order valence-electron chi connectivity index (χ4n) is 3.20. The largest absolute Gasteiger partial charge is 0.488 e. The van der Waals surface area contributed by atoms with Gasteiger partial charge in [0.15, 0.2) is 17.4 Å². The summed E-state index contributed by atoms with van der Waals surface area (Å²) in [6.07, 6.45) is 4.65. The molecule has 1 aromatic carbocycles. The molecular weight excluding hydrogens is 354 g/mol. The van der Waals surface area contributed by atoms with Crippen LogP contribution in [0, 0.1) is 11.6 Å². The minimum atomic E-state index is -0.980. The zero-order valence-electron chi connectivity index (χ0n) is 14.9. The van der Waals surface area contributed by atoms with Crippen molar-refractivity contribution in [3.05, 3.63) is 42.0 Å². The van der Waals surface area contributed by atoms with Crippen molar-refractivity contribution < 1.29 is 23.4 Å². The van der Waals surface area contributed by atoms with Crippen molar-refractivity contribution >= 4 is 11.8 Å². The van der Waals surface area contributed by atoms with E-state index in [9.17, 15) is 13.6 Å². The van der Waals surface area contributed by atoms with Crippen LogP contribution in [0.25, 0.3) is 11.3 Å². The number of halogens is 2. The molecule has 0 unspecified atom stereocenters. The normalized spacial score (nSPS) is 14.3. The molecule has 1 heterocycles. The molecule has 7 heteroatoms. The summed E-state index contributed by atoms with van der Waals surface area (Å²) in [6, 6.07) is 8.08. The van der Waals surface area contributed by atoms with E-state index >= 15 is 0 Å². The summed E-state index contributed by atoms with van der Waals surface area (Å²) in [5.74, 6) is -2.46. The number of carboxylic acids is 1. The SMILES string of the molecule is O=C(O)CCCOc1c(F)cc(-c2cccc(NC3CCCC3)n2)cc1F. The van der Waals surface area contributed by atoms with E-state index in [1.165, 1.54) is 25.0 Å². The van der Waals surface area contributed by atoms with E-state index in [-0.39, 0.29) is 19.4 Å². The summed E-state index contributed by atoms with van der Waals surface area (Å²) in [7, 11) is 0. The van der Waals surface area contributed by atoms with Gasteiger partial charge < -0.3 is 15.2 Å². The van der Waals surface area contributed by atoms with Gasteiger partial charge in [-0.2, -0.15) is 0 Å². The Labute approximate surface area is 156 Å². The Hall–Kier alpha value is -2.70. The standard InChI is InChI=1S/C20H22F2N2O3/c21-15-11-13(12-16(22)20(15)27-10-4-9-19(25)26)17-7-3-8-18(24-17)23-14-5-1-2-6-14/h3,7-8,11-12,14H,1-2,4-6,9-10H2,(H,23,24)(H,25,26). The van der Waals surface area contributed by atoms with Crippen molar-refractivity contribution in [1.29, 1.82) is 0 Å². The van der Waals surface area contributed by atoms with E-state index in [0.29, 0.717) is 23.1 Å². The molecule has 0 bridgehead atoms. The van der Waals surface area contributed by atoms with Gasteiger partial charge in [-0.15, -0.1) is 0 Å². The smallest absolute Gasteiger partial charge is 0.303 e. The molecule has 0 spiro atoms. The number of hydrogen-bond acceptors (Lipinski definition) is 4. The maximum atomic E-state index is 14.3. The maximum absolute atomic E-state index is 14.3. The van der Waals surface area contributed by atoms with Crippen LogP contribution in [0.1, 0.15) is 38.5 Å². The molecule has 3 rings (SSSR count). The monoisotopic (exact) mass is 376 g/mol. The second-order valence-corrected chi connectivity index (χ2v) is 6.65. The lowest BCUT2D eigenvalue weighted by molar-refractivity contribution is -0.137. The number of ether oxygens (including phenoxy) is 1. The third-order valence-electron chi connectivity index (χ3n) is 4.53. The molecule has 0 saturated heterocycles. The number of carboxylic acid groups (broad SMARTS) is 1. The fraction of sp³-hybridized carbons (Fsp3) is 0.400. The summed E-state index contributed by atoms with van der Waals surface area (Å²) in [5, 5.41) is 11.9. The summed E-state index contributed by atoms with van der Waals surface area (Å²) in [6.45, 7) is -0.0709. The topological polar surface area (TPSA) is 71.5 Å². The number of pyridine rings is 1. The zero-order chi connectivity index (χ0) is 19.2. The number of aromatic nitrogens is 1. The first-order chi connectivity index (χ1) is 13.0. The van der Waals surface area contributed by atoms with Crippen molar-refractivity contribution in [1.82, 2.24) is 4.98 Å². The second kappa shape index (κ2) is 8.79. The number of aliphatic carboxylic acids is 1. The Bertz CT molecular complexity index is 785. The summed E-state index contributed by atoms with van der Waals surface area (Å²) >= 11 is 0. The molecule has 2 aromatic rings. The highest BCUT2D eigenvalue weighted by Crippen LogP contribution is 2.29. The van der Waals surface area contributed by atoms with Crippen LogP contribution in [-0.4, -0.2) is 28.7 Å². The summed E-state index contributed by atoms with van der Waals surface area (Å²) in [4.78, 5) is 14.9. The molecule has 1 fully saturated rings. The minimum Gasteiger partial charge on any atom is -0.488 e. The van der Waals surface area contributed by atoms with Gasteiger partial charge in [-0.1, -0.05) is 18.9 Å². The minimum absolute atomic E-state index is 0.0709. The van der Waals surface area contributed by atoms with E-state index in [0.717, 1.165) is 12.8 Å². The lowest BCUT2D eigenvalue weighted by Gasteiger charge is -2.14. The highest BCUT2D eigenvalue weighted by Gasteiger charge is 2.17. The van der Waals surface area contributed by atoms with Crippen molar-refractivity contribution in [2.45, 2.75) is 44.6 Å². The van der Waals surface area contributed by atoms with Crippen LogP contribution in [0.2, 0.25) is 0 Å². The molecular formula is C20H22F2N2O3. The zero-order valence-corrected chi connectivity index (χ0v) is 14.9. The lowest BCUT2D eigenvalue weighted by Crippen LogP contribution is -2.15. The molecule has 1 saturated carbocycles. The van der Waals surface area contributed by atoms with Gasteiger partial charge in [0, 0.05) is 18.0 Å². The molecule has 0 radical (unpaired) electrons. The van der Waals surface area contributed by atoms with Crippen LogP contribution in [0.5, 0.6) is 5.75 Å². The van der Waals surface area contributed by atoms with E-state index < -0.39 is 23.4 Å². The highest BCUT2D eigenvalue weighted by molar-refractivity contribution is 5.66. The third-order valence-corrected chi connectivity index (χ3v) is 4.53. The van der Waals surface area contributed by atoms with E-state index in [4.69, 9.17) is 9.84 Å². The molecule has 144 valence electrons. The first-order valence-electron chi connectivity index (χ1n) is 9.10. The maximum Gasteiger partial charge on any atom is 0.303 e. The third kappa shape index (κ3) is 5.15. The average Bonchev–Trinajstić information content (AvgIpc) is 3.13. The van der Waals surface area contributed by atoms with E-state index in [1.807, 2.05) is 6.07 Å².